The van der Waals surface area contributed by atoms with Gasteiger partial charge in [-0.15, -0.1) is 11.8 Å². The smallest absolute Gasteiger partial charge is 0.348 e. The van der Waals surface area contributed by atoms with Gasteiger partial charge in [0.2, 0.25) is 5.91 Å². The number of hydrogen-bond acceptors (Lipinski definition) is 6. The summed E-state index contributed by atoms with van der Waals surface area (Å²) < 4.78 is 31.7. The first-order chi connectivity index (χ1) is 14.1. The normalized spacial score (nSPS) is 11.1. The molecule has 0 saturated heterocycles. The molecule has 0 aliphatic carbocycles. The molecule has 0 aliphatic rings. The highest BCUT2D eigenvalue weighted by Gasteiger charge is 2.18. The molecule has 0 fully saturated rings. The summed E-state index contributed by atoms with van der Waals surface area (Å²) in [7, 11) is 0.271. The highest BCUT2D eigenvalue weighted by atomic mass is 32.3. The van der Waals surface area contributed by atoms with Crippen LogP contribution in [0.1, 0.15) is 11.3 Å². The molecule has 30 heavy (non-hydrogen) atoms. The maximum absolute atomic E-state index is 12.3. The van der Waals surface area contributed by atoms with E-state index in [1.165, 1.54) is 4.90 Å². The molecule has 1 N–H and O–H groups in total. The highest BCUT2D eigenvalue weighted by molar-refractivity contribution is 7.98. The van der Waals surface area contributed by atoms with Crippen molar-refractivity contribution in [2.24, 2.45) is 0 Å². The van der Waals surface area contributed by atoms with Crippen LogP contribution in [0.25, 0.3) is 16.9 Å². The molecule has 3 aromatic rings. The Balaban J connectivity index is 0.000000469. The lowest BCUT2D eigenvalue weighted by molar-refractivity contribution is -0.128. The van der Waals surface area contributed by atoms with Crippen LogP contribution in [-0.4, -0.2) is 60.6 Å². The third-order valence-electron chi connectivity index (χ3n) is 4.26. The van der Waals surface area contributed by atoms with Crippen LogP contribution < -0.4 is 0 Å². The number of thioether (sulfide) groups is 1. The van der Waals surface area contributed by atoms with E-state index in [9.17, 15) is 13.2 Å². The molecule has 0 atom stereocenters. The van der Waals surface area contributed by atoms with Gasteiger partial charge in [-0.3, -0.25) is 13.5 Å². The SMILES string of the molecule is COS(=O)(=O)O.CSc1ccc(-c2nc3ccc(C)cn3c2CC(=O)N(C)C)cc1. The van der Waals surface area contributed by atoms with Crippen LogP contribution in [0.3, 0.4) is 0 Å². The molecular weight excluding hydrogens is 426 g/mol. The van der Waals surface area contributed by atoms with E-state index in [0.717, 1.165) is 35.3 Å². The first-order valence-corrected chi connectivity index (χ1v) is 11.5. The number of aromatic nitrogens is 2. The van der Waals surface area contributed by atoms with Crippen molar-refractivity contribution in [2.45, 2.75) is 18.2 Å². The molecule has 10 heteroatoms. The third-order valence-corrected chi connectivity index (χ3v) is 5.42. The van der Waals surface area contributed by atoms with Crippen LogP contribution in [0, 0.1) is 6.92 Å². The number of imidazole rings is 1. The number of rotatable bonds is 5. The van der Waals surface area contributed by atoms with E-state index < -0.39 is 10.4 Å². The molecule has 1 aromatic carbocycles. The second kappa shape index (κ2) is 10.1. The van der Waals surface area contributed by atoms with Crippen molar-refractivity contribution in [1.29, 1.82) is 0 Å². The Labute approximate surface area is 180 Å². The van der Waals surface area contributed by atoms with Crippen LogP contribution in [0.4, 0.5) is 0 Å². The first kappa shape index (κ1) is 23.9. The van der Waals surface area contributed by atoms with Crippen molar-refractivity contribution >= 4 is 33.7 Å². The fourth-order valence-corrected chi connectivity index (χ4v) is 3.06. The molecule has 0 spiro atoms. The lowest BCUT2D eigenvalue weighted by Crippen LogP contribution is -2.24. The van der Waals surface area contributed by atoms with E-state index in [0.29, 0.717) is 6.42 Å². The summed E-state index contributed by atoms with van der Waals surface area (Å²) in [6.45, 7) is 2.05. The Morgan fingerprint density at radius 1 is 1.20 bits per heavy atom. The number of aryl methyl sites for hydroxylation is 1. The van der Waals surface area contributed by atoms with Gasteiger partial charge in [0, 0.05) is 30.8 Å². The highest BCUT2D eigenvalue weighted by Crippen LogP contribution is 2.27. The van der Waals surface area contributed by atoms with E-state index >= 15 is 0 Å². The Bertz CT molecular complexity index is 1120. The Kier molecular flexibility index (Phi) is 8.02. The fraction of sp³-hybridized carbons (Fsp3) is 0.300. The topological polar surface area (TPSA) is 101 Å². The summed E-state index contributed by atoms with van der Waals surface area (Å²) in [5, 5.41) is 0. The zero-order chi connectivity index (χ0) is 22.5. The summed E-state index contributed by atoms with van der Waals surface area (Å²) in [4.78, 5) is 19.9. The van der Waals surface area contributed by atoms with Crippen molar-refractivity contribution in [3.8, 4) is 11.3 Å². The van der Waals surface area contributed by atoms with Gasteiger partial charge in [0.05, 0.1) is 24.9 Å². The van der Waals surface area contributed by atoms with Crippen LogP contribution in [0.2, 0.25) is 0 Å². The van der Waals surface area contributed by atoms with Gasteiger partial charge in [-0.2, -0.15) is 8.42 Å². The van der Waals surface area contributed by atoms with Crippen molar-refractivity contribution in [3.63, 3.8) is 0 Å². The molecule has 0 unspecified atom stereocenters. The molecule has 0 bridgehead atoms. The van der Waals surface area contributed by atoms with Gasteiger partial charge in [-0.05, 0) is 36.9 Å². The van der Waals surface area contributed by atoms with Gasteiger partial charge in [0.15, 0.2) is 0 Å². The van der Waals surface area contributed by atoms with Crippen LogP contribution in [0.5, 0.6) is 0 Å². The monoisotopic (exact) mass is 451 g/mol. The predicted octanol–water partition coefficient (Wildman–Crippen LogP) is 3.10. The second-order valence-corrected chi connectivity index (χ2v) is 8.70. The largest absolute Gasteiger partial charge is 0.397 e. The molecule has 3 rings (SSSR count). The van der Waals surface area contributed by atoms with Crippen LogP contribution >= 0.6 is 11.8 Å². The summed E-state index contributed by atoms with van der Waals surface area (Å²) in [5.74, 6) is 0.0697. The van der Waals surface area contributed by atoms with Crippen molar-refractivity contribution in [2.75, 3.05) is 27.5 Å². The minimum atomic E-state index is -4.16. The van der Waals surface area contributed by atoms with E-state index in [1.807, 2.05) is 29.7 Å². The van der Waals surface area contributed by atoms with Gasteiger partial charge in [0.25, 0.3) is 0 Å². The van der Waals surface area contributed by atoms with E-state index in [1.54, 1.807) is 30.8 Å². The van der Waals surface area contributed by atoms with Crippen LogP contribution in [-0.2, 0) is 25.8 Å². The molecule has 0 radical (unpaired) electrons. The maximum Gasteiger partial charge on any atom is 0.397 e. The molecule has 2 heterocycles. The average molecular weight is 452 g/mol. The van der Waals surface area contributed by atoms with Gasteiger partial charge in [-0.25, -0.2) is 4.98 Å². The average Bonchev–Trinajstić information content (AvgIpc) is 3.05. The number of nitrogens with zero attached hydrogens (tertiary/aromatic N) is 3. The number of pyridine rings is 1. The molecule has 0 aliphatic heterocycles. The minimum Gasteiger partial charge on any atom is -0.348 e. The number of fused-ring (bicyclic) bond motifs is 1. The molecule has 162 valence electrons. The van der Waals surface area contributed by atoms with Gasteiger partial charge < -0.3 is 9.30 Å². The van der Waals surface area contributed by atoms with Gasteiger partial charge in [-0.1, -0.05) is 18.2 Å². The minimum absolute atomic E-state index is 0.0697. The zero-order valence-corrected chi connectivity index (χ0v) is 19.1. The fourth-order valence-electron chi connectivity index (χ4n) is 2.65. The Morgan fingerprint density at radius 2 is 1.80 bits per heavy atom. The predicted molar refractivity (Wildman–Crippen MR) is 118 cm³/mol. The van der Waals surface area contributed by atoms with E-state index in [2.05, 4.69) is 34.7 Å². The number of amides is 1. The standard InChI is InChI=1S/C19H21N3OS.CH4O4S/c1-13-5-10-17-20-19(14-6-8-15(24-4)9-7-14)16(22(17)12-13)11-18(23)21(2)3;1-5-6(2,3)4/h5-10,12H,11H2,1-4H3;1H3,(H,2,3,4). The molecular formula is C20H25N3O5S2. The number of benzene rings is 1. The first-order valence-electron chi connectivity index (χ1n) is 8.91. The van der Waals surface area contributed by atoms with E-state index in [-0.39, 0.29) is 5.91 Å². The summed E-state index contributed by atoms with van der Waals surface area (Å²) >= 11 is 1.71. The lowest BCUT2D eigenvalue weighted by atomic mass is 10.1. The van der Waals surface area contributed by atoms with Crippen molar-refractivity contribution in [3.05, 3.63) is 53.9 Å². The van der Waals surface area contributed by atoms with Gasteiger partial charge >= 0.3 is 10.4 Å². The number of hydrogen-bond donors (Lipinski definition) is 1. The zero-order valence-electron chi connectivity index (χ0n) is 17.5. The Hall–Kier alpha value is -2.40. The quantitative estimate of drug-likeness (QED) is 0.470. The molecule has 2 aromatic heterocycles. The molecule has 8 nitrogen and oxygen atoms in total. The van der Waals surface area contributed by atoms with Crippen molar-refractivity contribution < 1.29 is 21.9 Å². The van der Waals surface area contributed by atoms with Crippen LogP contribution in [0.15, 0.2) is 47.5 Å². The van der Waals surface area contributed by atoms with E-state index in [4.69, 9.17) is 9.54 Å². The maximum atomic E-state index is 12.3. The Morgan fingerprint density at radius 3 is 2.30 bits per heavy atom. The summed E-state index contributed by atoms with van der Waals surface area (Å²) in [5.41, 5.74) is 4.86. The molecule has 0 saturated carbocycles. The lowest BCUT2D eigenvalue weighted by Gasteiger charge is -2.11. The second-order valence-electron chi connectivity index (χ2n) is 6.63. The number of carbonyl (C=O) groups excluding carboxylic acids is 1. The number of likely N-dealkylation sites (N-methyl/N-ethyl adjacent to an activating group) is 1. The third kappa shape index (κ3) is 6.30. The summed E-state index contributed by atoms with van der Waals surface area (Å²) in [6.07, 6.45) is 4.43. The molecule has 1 amide bonds. The van der Waals surface area contributed by atoms with Crippen molar-refractivity contribution in [1.82, 2.24) is 14.3 Å². The van der Waals surface area contributed by atoms with Gasteiger partial charge in [0.1, 0.15) is 5.65 Å². The summed E-state index contributed by atoms with van der Waals surface area (Å²) in [6, 6.07) is 12.4. The number of carbonyl (C=O) groups is 1.